The van der Waals surface area contributed by atoms with Crippen molar-refractivity contribution in [2.45, 2.75) is 0 Å². The quantitative estimate of drug-likeness (QED) is 0.627. The molecule has 0 atom stereocenters. The minimum Gasteiger partial charge on any atom is -0.402 e. The van der Waals surface area contributed by atoms with E-state index in [1.807, 2.05) is 30.3 Å². The lowest BCUT2D eigenvalue weighted by atomic mass is 10.2. The number of benzene rings is 1. The molecule has 25 heavy (non-hydrogen) atoms. The summed E-state index contributed by atoms with van der Waals surface area (Å²) in [5, 5.41) is 0. The van der Waals surface area contributed by atoms with Gasteiger partial charge < -0.3 is 14.4 Å². The van der Waals surface area contributed by atoms with Gasteiger partial charge in [0.1, 0.15) is 0 Å². The molecule has 0 spiro atoms. The predicted octanol–water partition coefficient (Wildman–Crippen LogP) is 1.66. The van der Waals surface area contributed by atoms with E-state index in [2.05, 4.69) is 19.9 Å². The second-order valence-corrected chi connectivity index (χ2v) is 5.62. The lowest BCUT2D eigenvalue weighted by molar-refractivity contribution is -0.129. The van der Waals surface area contributed by atoms with Crippen LogP contribution < -0.4 is 4.90 Å². The van der Waals surface area contributed by atoms with Crippen LogP contribution in [0.3, 0.4) is 0 Å². The average molecular weight is 336 g/mol. The van der Waals surface area contributed by atoms with Crippen LogP contribution in [-0.4, -0.2) is 48.1 Å². The van der Waals surface area contributed by atoms with E-state index < -0.39 is 5.97 Å². The van der Waals surface area contributed by atoms with Gasteiger partial charge in [-0.3, -0.25) is 0 Å². The average Bonchev–Trinajstić information content (AvgIpc) is 3.04. The maximum absolute atomic E-state index is 12.0. The molecule has 7 heteroatoms. The van der Waals surface area contributed by atoms with Gasteiger partial charge in [-0.1, -0.05) is 18.2 Å². The van der Waals surface area contributed by atoms with Crippen LogP contribution in [0.2, 0.25) is 0 Å². The normalized spacial score (nSPS) is 19.0. The van der Waals surface area contributed by atoms with Crippen LogP contribution in [0, 0.1) is 0 Å². The Labute approximate surface area is 144 Å². The van der Waals surface area contributed by atoms with Gasteiger partial charge in [0.25, 0.3) is 0 Å². The molecule has 0 amide bonds. The van der Waals surface area contributed by atoms with Gasteiger partial charge in [-0.05, 0) is 18.2 Å². The Bertz CT molecular complexity index is 825. The summed E-state index contributed by atoms with van der Waals surface area (Å²) in [6, 6.07) is 9.31. The number of hydrogen-bond acceptors (Lipinski definition) is 7. The molecule has 2 aromatic rings. The van der Waals surface area contributed by atoms with Gasteiger partial charge in [0.15, 0.2) is 5.70 Å². The highest BCUT2D eigenvalue weighted by atomic mass is 16.6. The molecule has 126 valence electrons. The molecule has 0 saturated carbocycles. The molecule has 0 unspecified atom stereocenters. The van der Waals surface area contributed by atoms with Crippen LogP contribution >= 0.6 is 0 Å². The first-order chi connectivity index (χ1) is 12.3. The number of cyclic esters (lactones) is 1. The Morgan fingerprint density at radius 2 is 1.76 bits per heavy atom. The molecule has 0 bridgehead atoms. The second-order valence-electron chi connectivity index (χ2n) is 5.62. The van der Waals surface area contributed by atoms with Gasteiger partial charge in [-0.2, -0.15) is 0 Å². The van der Waals surface area contributed by atoms with Crippen LogP contribution in [0.4, 0.5) is 5.95 Å². The Morgan fingerprint density at radius 3 is 2.48 bits per heavy atom. The molecule has 3 heterocycles. The third-order valence-electron chi connectivity index (χ3n) is 3.90. The zero-order valence-corrected chi connectivity index (χ0v) is 13.5. The van der Waals surface area contributed by atoms with Crippen molar-refractivity contribution in [3.8, 4) is 0 Å². The largest absolute Gasteiger partial charge is 0.402 e. The van der Waals surface area contributed by atoms with E-state index in [4.69, 9.17) is 9.47 Å². The van der Waals surface area contributed by atoms with Crippen molar-refractivity contribution in [2.75, 3.05) is 31.2 Å². The number of ether oxygens (including phenoxy) is 2. The van der Waals surface area contributed by atoms with Crippen molar-refractivity contribution in [3.63, 3.8) is 0 Å². The summed E-state index contributed by atoms with van der Waals surface area (Å²) >= 11 is 0. The summed E-state index contributed by atoms with van der Waals surface area (Å²) in [5.74, 6) is 0.492. The lowest BCUT2D eigenvalue weighted by Gasteiger charge is -2.26. The molecular weight excluding hydrogens is 320 g/mol. The smallest absolute Gasteiger partial charge is 0.363 e. The number of morpholine rings is 1. The fraction of sp³-hybridized carbons (Fsp3) is 0.222. The Morgan fingerprint density at radius 1 is 1.04 bits per heavy atom. The fourth-order valence-corrected chi connectivity index (χ4v) is 2.60. The monoisotopic (exact) mass is 336 g/mol. The van der Waals surface area contributed by atoms with Crippen molar-refractivity contribution in [1.82, 2.24) is 9.97 Å². The zero-order chi connectivity index (χ0) is 17.1. The van der Waals surface area contributed by atoms with Crippen molar-refractivity contribution < 1.29 is 14.3 Å². The van der Waals surface area contributed by atoms with Crippen LogP contribution in [0.1, 0.15) is 11.1 Å². The van der Waals surface area contributed by atoms with E-state index in [1.165, 1.54) is 0 Å². The van der Waals surface area contributed by atoms with Crippen LogP contribution in [0.25, 0.3) is 6.08 Å². The molecule has 0 aliphatic carbocycles. The zero-order valence-electron chi connectivity index (χ0n) is 13.5. The summed E-state index contributed by atoms with van der Waals surface area (Å²) < 4.78 is 10.6. The number of carbonyl (C=O) groups excluding carboxylic acids is 1. The third kappa shape index (κ3) is 3.41. The molecule has 1 aromatic carbocycles. The summed E-state index contributed by atoms with van der Waals surface area (Å²) in [6.45, 7) is 2.91. The minimum absolute atomic E-state index is 0.238. The van der Waals surface area contributed by atoms with Crippen LogP contribution in [0.15, 0.2) is 53.4 Å². The molecule has 2 aliphatic rings. The molecule has 0 N–H and O–H groups in total. The maximum Gasteiger partial charge on any atom is 0.363 e. The van der Waals surface area contributed by atoms with Crippen LogP contribution in [-0.2, 0) is 14.3 Å². The predicted molar refractivity (Wildman–Crippen MR) is 92.1 cm³/mol. The van der Waals surface area contributed by atoms with E-state index >= 15 is 0 Å². The van der Waals surface area contributed by atoms with Crippen molar-refractivity contribution in [2.24, 2.45) is 4.99 Å². The number of hydrogen-bond donors (Lipinski definition) is 0. The number of anilines is 1. The second kappa shape index (κ2) is 6.82. The number of esters is 1. The molecule has 1 fully saturated rings. The first-order valence-electron chi connectivity index (χ1n) is 8.02. The molecule has 7 nitrogen and oxygen atoms in total. The number of nitrogens with zero attached hydrogens (tertiary/aromatic N) is 4. The first kappa shape index (κ1) is 15.5. The highest BCUT2D eigenvalue weighted by Crippen LogP contribution is 2.19. The number of carbonyl (C=O) groups is 1. The van der Waals surface area contributed by atoms with E-state index in [9.17, 15) is 4.79 Å². The van der Waals surface area contributed by atoms with Gasteiger partial charge in [0.05, 0.1) is 13.2 Å². The summed E-state index contributed by atoms with van der Waals surface area (Å²) in [7, 11) is 0. The summed E-state index contributed by atoms with van der Waals surface area (Å²) in [6.07, 6.45) is 4.98. The number of aliphatic imine (C=N–C) groups is 1. The van der Waals surface area contributed by atoms with Gasteiger partial charge in [0.2, 0.25) is 11.8 Å². The number of aromatic nitrogens is 2. The Hall–Kier alpha value is -3.06. The van der Waals surface area contributed by atoms with Gasteiger partial charge in [-0.15, -0.1) is 0 Å². The SMILES string of the molecule is O=C1OC(c2ccccc2)=NC1=Cc1cnc(N2CCOCC2)nc1. The maximum atomic E-state index is 12.0. The Balaban J connectivity index is 1.54. The van der Waals surface area contributed by atoms with Crippen molar-refractivity contribution >= 4 is 23.9 Å². The fourth-order valence-electron chi connectivity index (χ4n) is 2.60. The molecule has 0 radical (unpaired) electrons. The first-order valence-corrected chi connectivity index (χ1v) is 8.02. The van der Waals surface area contributed by atoms with Gasteiger partial charge >= 0.3 is 5.97 Å². The molecule has 2 aliphatic heterocycles. The van der Waals surface area contributed by atoms with Crippen molar-refractivity contribution in [1.29, 1.82) is 0 Å². The van der Waals surface area contributed by atoms with Gasteiger partial charge in [-0.25, -0.2) is 19.8 Å². The standard InChI is InChI=1S/C18H16N4O3/c23-17-15(21-16(25-17)14-4-2-1-3-5-14)10-13-11-19-18(20-12-13)22-6-8-24-9-7-22/h1-5,10-12H,6-9H2. The number of rotatable bonds is 3. The van der Waals surface area contributed by atoms with Crippen molar-refractivity contribution in [3.05, 3.63) is 59.5 Å². The Kier molecular flexibility index (Phi) is 4.22. The van der Waals surface area contributed by atoms with E-state index in [-0.39, 0.29) is 5.70 Å². The lowest BCUT2D eigenvalue weighted by Crippen LogP contribution is -2.37. The highest BCUT2D eigenvalue weighted by molar-refractivity contribution is 6.12. The summed E-state index contributed by atoms with van der Waals surface area (Å²) in [4.78, 5) is 27.1. The van der Waals surface area contributed by atoms with Crippen LogP contribution in [0.5, 0.6) is 0 Å². The van der Waals surface area contributed by atoms with Gasteiger partial charge in [0, 0.05) is 36.6 Å². The summed E-state index contributed by atoms with van der Waals surface area (Å²) in [5.41, 5.74) is 1.70. The minimum atomic E-state index is -0.476. The topological polar surface area (TPSA) is 76.9 Å². The molecule has 1 saturated heterocycles. The molecule has 1 aromatic heterocycles. The van der Waals surface area contributed by atoms with E-state index in [0.29, 0.717) is 30.6 Å². The molecular formula is C18H16N4O3. The molecule has 4 rings (SSSR count). The highest BCUT2D eigenvalue weighted by Gasteiger charge is 2.24. The van der Waals surface area contributed by atoms with E-state index in [1.54, 1.807) is 18.5 Å². The third-order valence-corrected chi connectivity index (χ3v) is 3.90. The van der Waals surface area contributed by atoms with E-state index in [0.717, 1.165) is 18.7 Å².